The van der Waals surface area contributed by atoms with Crippen LogP contribution in [0.15, 0.2) is 54.6 Å². The van der Waals surface area contributed by atoms with E-state index < -0.39 is 0 Å². The zero-order valence-electron chi connectivity index (χ0n) is 11.7. The molecule has 0 amide bonds. The summed E-state index contributed by atoms with van der Waals surface area (Å²) < 4.78 is 11.8. The maximum absolute atomic E-state index is 9.85. The van der Waals surface area contributed by atoms with Gasteiger partial charge >= 0.3 is 0 Å². The van der Waals surface area contributed by atoms with E-state index in [-0.39, 0.29) is 24.6 Å². The minimum Gasteiger partial charge on any atom is -0.390 e. The first-order valence-electron chi connectivity index (χ1n) is 7.45. The van der Waals surface area contributed by atoms with Crippen LogP contribution in [-0.4, -0.2) is 23.4 Å². The van der Waals surface area contributed by atoms with Crippen molar-refractivity contribution in [1.82, 2.24) is 0 Å². The molecule has 21 heavy (non-hydrogen) atoms. The molecule has 2 aromatic rings. The highest BCUT2D eigenvalue weighted by molar-refractivity contribution is 5.63. The molecule has 108 valence electrons. The van der Waals surface area contributed by atoms with E-state index in [1.807, 2.05) is 30.3 Å². The van der Waals surface area contributed by atoms with E-state index in [0.717, 1.165) is 18.4 Å². The largest absolute Gasteiger partial charge is 0.390 e. The van der Waals surface area contributed by atoms with Gasteiger partial charge in [0.2, 0.25) is 0 Å². The number of rotatable bonds is 2. The zero-order valence-corrected chi connectivity index (χ0v) is 11.7. The molecular formula is C18H18O3. The van der Waals surface area contributed by atoms with Gasteiger partial charge < -0.3 is 14.6 Å². The third kappa shape index (κ3) is 2.38. The molecule has 0 aromatic heterocycles. The van der Waals surface area contributed by atoms with Crippen LogP contribution in [0.4, 0.5) is 0 Å². The Bertz CT molecular complexity index is 608. The lowest BCUT2D eigenvalue weighted by Crippen LogP contribution is -2.25. The predicted octanol–water partition coefficient (Wildman–Crippen LogP) is 3.29. The molecule has 0 unspecified atom stereocenters. The summed E-state index contributed by atoms with van der Waals surface area (Å²) in [5.74, 6) is 0. The van der Waals surface area contributed by atoms with Crippen molar-refractivity contribution in [2.75, 3.05) is 0 Å². The van der Waals surface area contributed by atoms with Gasteiger partial charge in [0.15, 0.2) is 6.29 Å². The fraction of sp³-hybridized carbons (Fsp3) is 0.333. The minimum absolute atomic E-state index is 0.0406. The number of ether oxygens (including phenoxy) is 2. The second-order valence-electron chi connectivity index (χ2n) is 5.74. The lowest BCUT2D eigenvalue weighted by molar-refractivity contribution is -0.0927. The molecule has 1 aliphatic carbocycles. The van der Waals surface area contributed by atoms with Crippen LogP contribution < -0.4 is 0 Å². The third-order valence-electron chi connectivity index (χ3n) is 4.36. The van der Waals surface area contributed by atoms with E-state index in [0.29, 0.717) is 0 Å². The van der Waals surface area contributed by atoms with Gasteiger partial charge in [0, 0.05) is 5.56 Å². The molecule has 0 bridgehead atoms. The molecule has 2 fully saturated rings. The first kappa shape index (κ1) is 13.0. The first-order valence-corrected chi connectivity index (χ1v) is 7.45. The highest BCUT2D eigenvalue weighted by atomic mass is 16.7. The Balaban J connectivity index is 1.53. The molecule has 4 rings (SSSR count). The molecule has 1 heterocycles. The maximum Gasteiger partial charge on any atom is 0.184 e. The van der Waals surface area contributed by atoms with Crippen LogP contribution in [0.5, 0.6) is 0 Å². The summed E-state index contributed by atoms with van der Waals surface area (Å²) in [6.45, 7) is 0. The number of hydrogen-bond donors (Lipinski definition) is 1. The van der Waals surface area contributed by atoms with Gasteiger partial charge in [-0.2, -0.15) is 0 Å². The second kappa shape index (κ2) is 5.26. The van der Waals surface area contributed by atoms with E-state index in [4.69, 9.17) is 9.47 Å². The molecule has 4 atom stereocenters. The molecular weight excluding hydrogens is 264 g/mol. The smallest absolute Gasteiger partial charge is 0.184 e. The van der Waals surface area contributed by atoms with E-state index in [9.17, 15) is 5.11 Å². The van der Waals surface area contributed by atoms with Crippen LogP contribution in [0.1, 0.15) is 24.7 Å². The molecule has 0 spiro atoms. The summed E-state index contributed by atoms with van der Waals surface area (Å²) in [5, 5.41) is 9.85. The number of hydrogen-bond acceptors (Lipinski definition) is 3. The van der Waals surface area contributed by atoms with Gasteiger partial charge in [0.25, 0.3) is 0 Å². The summed E-state index contributed by atoms with van der Waals surface area (Å²) in [6.07, 6.45) is 0.797. The van der Waals surface area contributed by atoms with Gasteiger partial charge in [-0.3, -0.25) is 0 Å². The van der Waals surface area contributed by atoms with Crippen molar-refractivity contribution in [3.8, 4) is 11.1 Å². The molecule has 1 saturated heterocycles. The van der Waals surface area contributed by atoms with Gasteiger partial charge in [-0.05, 0) is 24.0 Å². The SMILES string of the molecule is O[C@H]1CC[C@H]2O[C@@H](c3ccc(-c4ccccc4)cc3)O[C@@H]12. The first-order chi connectivity index (χ1) is 10.3. The fourth-order valence-corrected chi connectivity index (χ4v) is 3.19. The van der Waals surface area contributed by atoms with Crippen LogP contribution in [-0.2, 0) is 9.47 Å². The summed E-state index contributed by atoms with van der Waals surface area (Å²) in [7, 11) is 0. The van der Waals surface area contributed by atoms with Crippen molar-refractivity contribution in [3.05, 3.63) is 60.2 Å². The number of aliphatic hydroxyl groups excluding tert-OH is 1. The van der Waals surface area contributed by atoms with Crippen molar-refractivity contribution in [1.29, 1.82) is 0 Å². The molecule has 3 heteroatoms. The van der Waals surface area contributed by atoms with E-state index in [2.05, 4.69) is 24.3 Å². The summed E-state index contributed by atoms with van der Waals surface area (Å²) in [5.41, 5.74) is 3.39. The van der Waals surface area contributed by atoms with Crippen molar-refractivity contribution in [2.24, 2.45) is 0 Å². The summed E-state index contributed by atoms with van der Waals surface area (Å²) >= 11 is 0. The average Bonchev–Trinajstić information content (AvgIpc) is 3.11. The molecule has 1 aliphatic heterocycles. The predicted molar refractivity (Wildman–Crippen MR) is 79.6 cm³/mol. The number of benzene rings is 2. The van der Waals surface area contributed by atoms with Gasteiger partial charge in [-0.15, -0.1) is 0 Å². The lowest BCUT2D eigenvalue weighted by atomic mass is 10.0. The quantitative estimate of drug-likeness (QED) is 0.918. The molecule has 0 radical (unpaired) electrons. The molecule has 3 nitrogen and oxygen atoms in total. The van der Waals surface area contributed by atoms with Gasteiger partial charge in [0.1, 0.15) is 6.10 Å². The normalized spacial score (nSPS) is 31.3. The number of fused-ring (bicyclic) bond motifs is 1. The third-order valence-corrected chi connectivity index (χ3v) is 4.36. The van der Waals surface area contributed by atoms with Gasteiger partial charge in [0.05, 0.1) is 12.2 Å². The van der Waals surface area contributed by atoms with Crippen LogP contribution >= 0.6 is 0 Å². The Labute approximate surface area is 124 Å². The lowest BCUT2D eigenvalue weighted by Gasteiger charge is -2.14. The minimum atomic E-state index is -0.386. The van der Waals surface area contributed by atoms with Gasteiger partial charge in [-0.1, -0.05) is 54.6 Å². The molecule has 2 aliphatic rings. The molecule has 2 aromatic carbocycles. The summed E-state index contributed by atoms with van der Waals surface area (Å²) in [4.78, 5) is 0. The molecule has 1 saturated carbocycles. The van der Waals surface area contributed by atoms with Crippen molar-refractivity contribution in [2.45, 2.75) is 37.4 Å². The fourth-order valence-electron chi connectivity index (χ4n) is 3.19. The number of aliphatic hydroxyl groups is 1. The van der Waals surface area contributed by atoms with Crippen LogP contribution in [0, 0.1) is 0 Å². The van der Waals surface area contributed by atoms with Gasteiger partial charge in [-0.25, -0.2) is 0 Å². The topological polar surface area (TPSA) is 38.7 Å². The van der Waals surface area contributed by atoms with E-state index >= 15 is 0 Å². The van der Waals surface area contributed by atoms with Crippen molar-refractivity contribution in [3.63, 3.8) is 0 Å². The second-order valence-corrected chi connectivity index (χ2v) is 5.74. The zero-order chi connectivity index (χ0) is 14.2. The van der Waals surface area contributed by atoms with Crippen LogP contribution in [0.25, 0.3) is 11.1 Å². The standard InChI is InChI=1S/C18H18O3/c19-15-10-11-16-17(15)21-18(20-16)14-8-6-13(7-9-14)12-4-2-1-3-5-12/h1-9,15-19H,10-11H2/t15-,16+,17-,18+/m0/s1. The summed E-state index contributed by atoms with van der Waals surface area (Å²) in [6, 6.07) is 18.5. The Kier molecular flexibility index (Phi) is 3.26. The van der Waals surface area contributed by atoms with Crippen molar-refractivity contribution >= 4 is 0 Å². The van der Waals surface area contributed by atoms with E-state index in [1.165, 1.54) is 11.1 Å². The highest BCUT2D eigenvalue weighted by Crippen LogP contribution is 2.39. The van der Waals surface area contributed by atoms with Crippen LogP contribution in [0.3, 0.4) is 0 Å². The highest BCUT2D eigenvalue weighted by Gasteiger charge is 2.45. The Hall–Kier alpha value is -1.68. The van der Waals surface area contributed by atoms with Crippen molar-refractivity contribution < 1.29 is 14.6 Å². The Morgan fingerprint density at radius 2 is 1.52 bits per heavy atom. The van der Waals surface area contributed by atoms with E-state index in [1.54, 1.807) is 0 Å². The van der Waals surface area contributed by atoms with Crippen LogP contribution in [0.2, 0.25) is 0 Å². The maximum atomic E-state index is 9.85. The monoisotopic (exact) mass is 282 g/mol. The Morgan fingerprint density at radius 3 is 2.24 bits per heavy atom. The Morgan fingerprint density at radius 1 is 0.810 bits per heavy atom. The average molecular weight is 282 g/mol. The molecule has 1 N–H and O–H groups in total.